The van der Waals surface area contributed by atoms with Crippen LogP contribution in [0, 0.1) is 0 Å². The van der Waals surface area contributed by atoms with Crippen molar-refractivity contribution in [3.8, 4) is 0 Å². The van der Waals surface area contributed by atoms with E-state index in [2.05, 4.69) is 20.6 Å². The van der Waals surface area contributed by atoms with Crippen LogP contribution in [0.4, 0.5) is 0 Å². The van der Waals surface area contributed by atoms with Gasteiger partial charge in [-0.25, -0.2) is 0 Å². The van der Waals surface area contributed by atoms with E-state index in [1.165, 1.54) is 0 Å². The van der Waals surface area contributed by atoms with Gasteiger partial charge in [-0.15, -0.1) is 0 Å². The molecular weight excluding hydrogens is 255 g/mol. The fraction of sp³-hybridized carbons (Fsp3) is 0.778. The van der Waals surface area contributed by atoms with Crippen LogP contribution in [0.1, 0.15) is 6.42 Å². The molecule has 6 nitrogen and oxygen atoms in total. The predicted molar refractivity (Wildman–Crippen MR) is 55.0 cm³/mol. The first-order chi connectivity index (χ1) is 7.29. The van der Waals surface area contributed by atoms with Crippen molar-refractivity contribution in [2.24, 2.45) is 9.98 Å². The van der Waals surface area contributed by atoms with Gasteiger partial charge < -0.3 is 30.8 Å². The quantitative estimate of drug-likeness (QED) is 0.493. The van der Waals surface area contributed by atoms with Crippen LogP contribution in [-0.2, 0) is 16.8 Å². The molecule has 0 saturated carbocycles. The second-order valence-corrected chi connectivity index (χ2v) is 3.23. The molecule has 0 aromatic rings. The minimum Gasteiger partial charge on any atom is -0.862 e. The second-order valence-electron chi connectivity index (χ2n) is 3.23. The van der Waals surface area contributed by atoms with Gasteiger partial charge in [-0.2, -0.15) is 0 Å². The van der Waals surface area contributed by atoms with E-state index in [1.807, 2.05) is 0 Å². The molecule has 0 bridgehead atoms. The van der Waals surface area contributed by atoms with Crippen LogP contribution in [-0.4, -0.2) is 51.1 Å². The summed E-state index contributed by atoms with van der Waals surface area (Å²) in [5, 5.41) is 28.5. The molecule has 0 aliphatic carbocycles. The van der Waals surface area contributed by atoms with Gasteiger partial charge in [0.05, 0.1) is 13.1 Å². The average molecular weight is 271 g/mol. The van der Waals surface area contributed by atoms with Gasteiger partial charge in [-0.1, -0.05) is 0 Å². The number of rotatable bonds is 0. The van der Waals surface area contributed by atoms with Gasteiger partial charge >= 0.3 is 16.8 Å². The van der Waals surface area contributed by atoms with E-state index < -0.39 is 0 Å². The summed E-state index contributed by atoms with van der Waals surface area (Å²) in [6.07, 6.45) is -0.194. The maximum absolute atomic E-state index is 11.1. The Balaban J connectivity index is 0.00000225. The molecule has 0 aromatic carbocycles. The molecule has 0 aromatic heterocycles. The zero-order valence-corrected chi connectivity index (χ0v) is 10.0. The molecule has 1 rings (SSSR count). The summed E-state index contributed by atoms with van der Waals surface area (Å²) in [5.74, 6) is -0.754. The Morgan fingerprint density at radius 2 is 1.25 bits per heavy atom. The topological polar surface area (TPSA) is 94.9 Å². The molecule has 0 amide bonds. The Kier molecular flexibility index (Phi) is 9.20. The molecule has 0 saturated heterocycles. The van der Waals surface area contributed by atoms with E-state index in [1.54, 1.807) is 0 Å². The summed E-state index contributed by atoms with van der Waals surface area (Å²) in [7, 11) is 0. The van der Waals surface area contributed by atoms with Crippen LogP contribution in [0.15, 0.2) is 9.98 Å². The summed E-state index contributed by atoms with van der Waals surface area (Å²) in [6.45, 7) is 3.84. The minimum absolute atomic E-state index is 0. The molecule has 2 N–H and O–H groups in total. The zero-order chi connectivity index (χ0) is 10.9. The van der Waals surface area contributed by atoms with Gasteiger partial charge in [-0.05, 0) is 11.8 Å². The third kappa shape index (κ3) is 7.63. The van der Waals surface area contributed by atoms with E-state index in [4.69, 9.17) is 0 Å². The van der Waals surface area contributed by atoms with Crippen LogP contribution in [0.5, 0.6) is 0 Å². The number of hydrogen-bond donors (Lipinski definition) is 2. The maximum Gasteiger partial charge on any atom is 2.00 e. The zero-order valence-electron chi connectivity index (χ0n) is 8.99. The Bertz CT molecular complexity index is 222. The van der Waals surface area contributed by atoms with Crippen LogP contribution < -0.4 is 20.8 Å². The van der Waals surface area contributed by atoms with E-state index in [-0.39, 0.29) is 35.0 Å². The molecule has 1 aliphatic heterocycles. The van der Waals surface area contributed by atoms with Crippen LogP contribution in [0.3, 0.4) is 0 Å². The number of nitrogens with one attached hydrogen (secondary N) is 2. The largest absolute Gasteiger partial charge is 2.00 e. The molecule has 0 atom stereocenters. The molecule has 93 valence electrons. The van der Waals surface area contributed by atoms with Gasteiger partial charge in [0, 0.05) is 32.6 Å². The summed E-state index contributed by atoms with van der Waals surface area (Å²) in [5.41, 5.74) is 0. The summed E-state index contributed by atoms with van der Waals surface area (Å²) in [4.78, 5) is 7.47. The van der Waals surface area contributed by atoms with Crippen LogP contribution >= 0.6 is 0 Å². The molecule has 1 radical (unpaired) electrons. The van der Waals surface area contributed by atoms with Gasteiger partial charge in [-0.3, -0.25) is 0 Å². The standard InChI is InChI=1S/C9H18N4O2.Co/c14-8-7-9(15)13-6-4-11-2-1-10-3-5-12-8;/h10-11H,1-7H2,(H,12,14)(H,13,15);/q;+2/p-2. The van der Waals surface area contributed by atoms with Crippen molar-refractivity contribution in [2.45, 2.75) is 6.42 Å². The van der Waals surface area contributed by atoms with E-state index in [0.717, 1.165) is 13.1 Å². The van der Waals surface area contributed by atoms with Crippen molar-refractivity contribution in [2.75, 3.05) is 39.3 Å². The summed E-state index contributed by atoms with van der Waals surface area (Å²) in [6, 6.07) is 0. The van der Waals surface area contributed by atoms with Gasteiger partial charge in [0.1, 0.15) is 0 Å². The van der Waals surface area contributed by atoms with E-state index >= 15 is 0 Å². The fourth-order valence-corrected chi connectivity index (χ4v) is 1.19. The SMILES string of the molecule is [Co+2].[O-]C1=NCCNCCNCCN=C([O-])C1. The smallest absolute Gasteiger partial charge is 0.862 e. The van der Waals surface area contributed by atoms with Crippen molar-refractivity contribution in [1.82, 2.24) is 10.6 Å². The molecule has 0 fully saturated rings. The molecule has 7 heteroatoms. The predicted octanol–water partition coefficient (Wildman–Crippen LogP) is -2.92. The van der Waals surface area contributed by atoms with Gasteiger partial charge in [0.25, 0.3) is 0 Å². The van der Waals surface area contributed by atoms with Crippen LogP contribution in [0.25, 0.3) is 0 Å². The molecule has 0 unspecified atom stereocenters. The monoisotopic (exact) mass is 271 g/mol. The third-order valence-electron chi connectivity index (χ3n) is 1.93. The Morgan fingerprint density at radius 1 is 0.812 bits per heavy atom. The number of hydrogen-bond acceptors (Lipinski definition) is 6. The van der Waals surface area contributed by atoms with Crippen LogP contribution in [0.2, 0.25) is 0 Å². The Labute approximate surface area is 105 Å². The Morgan fingerprint density at radius 3 is 1.69 bits per heavy atom. The van der Waals surface area contributed by atoms with Crippen molar-refractivity contribution in [3.63, 3.8) is 0 Å². The van der Waals surface area contributed by atoms with Gasteiger partial charge in [0.15, 0.2) is 0 Å². The van der Waals surface area contributed by atoms with Crippen molar-refractivity contribution in [1.29, 1.82) is 0 Å². The number of aliphatic imine (C=N–C) groups is 2. The summed E-state index contributed by atoms with van der Waals surface area (Å²) < 4.78 is 0. The van der Waals surface area contributed by atoms with E-state index in [9.17, 15) is 10.2 Å². The maximum atomic E-state index is 11.1. The third-order valence-corrected chi connectivity index (χ3v) is 1.93. The normalized spacial score (nSPS) is 20.2. The number of nitrogens with zero attached hydrogens (tertiary/aromatic N) is 2. The second kappa shape index (κ2) is 9.58. The minimum atomic E-state index is -0.377. The molecule has 1 aliphatic rings. The Hall–Kier alpha value is -0.634. The van der Waals surface area contributed by atoms with Crippen molar-refractivity contribution < 1.29 is 27.0 Å². The first-order valence-electron chi connectivity index (χ1n) is 5.11. The van der Waals surface area contributed by atoms with E-state index in [0.29, 0.717) is 26.2 Å². The van der Waals surface area contributed by atoms with Crippen molar-refractivity contribution >= 4 is 11.8 Å². The van der Waals surface area contributed by atoms with Gasteiger partial charge in [0.2, 0.25) is 0 Å². The molecular formula is C9H16CoN4O2. The molecule has 1 heterocycles. The summed E-state index contributed by atoms with van der Waals surface area (Å²) >= 11 is 0. The molecule has 0 spiro atoms. The van der Waals surface area contributed by atoms with Crippen molar-refractivity contribution in [3.05, 3.63) is 0 Å². The first kappa shape index (κ1) is 15.4. The average Bonchev–Trinajstić information content (AvgIpc) is 2.21. The first-order valence-corrected chi connectivity index (χ1v) is 5.11. The fourth-order valence-electron chi connectivity index (χ4n) is 1.19. The molecule has 16 heavy (non-hydrogen) atoms.